The van der Waals surface area contributed by atoms with E-state index < -0.39 is 0 Å². The molecule has 1 amide bonds. The number of nitrogens with zero attached hydrogens (tertiary/aromatic N) is 1. The highest BCUT2D eigenvalue weighted by molar-refractivity contribution is 14.0. The molecule has 0 aromatic carbocycles. The maximum Gasteiger partial charge on any atom is 0.242 e. The minimum Gasteiger partial charge on any atom is -0.467 e. The van der Waals surface area contributed by atoms with Crippen molar-refractivity contribution in [2.24, 2.45) is 10.9 Å². The smallest absolute Gasteiger partial charge is 0.242 e. The Bertz CT molecular complexity index is 477. The molecular formula is C18H33IN4O2. The van der Waals surface area contributed by atoms with Gasteiger partial charge in [0.25, 0.3) is 0 Å². The van der Waals surface area contributed by atoms with E-state index in [1.54, 1.807) is 12.3 Å². The number of guanidine groups is 1. The lowest BCUT2D eigenvalue weighted by atomic mass is 9.99. The third kappa shape index (κ3) is 11.1. The molecular weight excluding hydrogens is 431 g/mol. The van der Waals surface area contributed by atoms with Crippen LogP contribution in [0.2, 0.25) is 0 Å². The predicted octanol–water partition coefficient (Wildman–Crippen LogP) is 3.29. The lowest BCUT2D eigenvalue weighted by Crippen LogP contribution is -2.40. The Hall–Kier alpha value is -1.25. The molecule has 0 saturated heterocycles. The number of carbonyl (C=O) groups excluding carboxylic acids is 1. The fourth-order valence-corrected chi connectivity index (χ4v) is 2.33. The third-order valence-corrected chi connectivity index (χ3v) is 3.87. The molecule has 7 heteroatoms. The molecule has 1 unspecified atom stereocenters. The number of halogens is 1. The summed E-state index contributed by atoms with van der Waals surface area (Å²) in [5.74, 6) is 1.95. The minimum absolute atomic E-state index is 0. The largest absolute Gasteiger partial charge is 0.467 e. The van der Waals surface area contributed by atoms with Crippen molar-refractivity contribution in [3.05, 3.63) is 24.2 Å². The second kappa shape index (κ2) is 15.0. The van der Waals surface area contributed by atoms with Crippen LogP contribution < -0.4 is 16.0 Å². The first-order valence-corrected chi connectivity index (χ1v) is 9.00. The molecule has 1 atom stereocenters. The quantitative estimate of drug-likeness (QED) is 0.267. The Balaban J connectivity index is 0.00000576. The summed E-state index contributed by atoms with van der Waals surface area (Å²) in [4.78, 5) is 16.2. The van der Waals surface area contributed by atoms with Crippen LogP contribution in [0, 0.1) is 5.92 Å². The molecule has 6 nitrogen and oxygen atoms in total. The number of carbonyl (C=O) groups is 1. The maximum absolute atomic E-state index is 11.9. The lowest BCUT2D eigenvalue weighted by molar-refractivity contribution is -0.119. The van der Waals surface area contributed by atoms with Crippen molar-refractivity contribution >= 4 is 35.8 Å². The van der Waals surface area contributed by atoms with E-state index in [-0.39, 0.29) is 36.4 Å². The Morgan fingerprint density at radius 2 is 2.04 bits per heavy atom. The number of furan rings is 1. The third-order valence-electron chi connectivity index (χ3n) is 3.87. The molecule has 0 aliphatic carbocycles. The van der Waals surface area contributed by atoms with Gasteiger partial charge in [0.15, 0.2) is 5.96 Å². The van der Waals surface area contributed by atoms with Gasteiger partial charge >= 0.3 is 0 Å². The number of hydrogen-bond acceptors (Lipinski definition) is 3. The van der Waals surface area contributed by atoms with Gasteiger partial charge in [-0.15, -0.1) is 24.0 Å². The number of unbranched alkanes of at least 4 members (excludes halogenated alkanes) is 1. The van der Waals surface area contributed by atoms with Crippen molar-refractivity contribution in [3.63, 3.8) is 0 Å². The Morgan fingerprint density at radius 1 is 1.24 bits per heavy atom. The zero-order valence-corrected chi connectivity index (χ0v) is 18.0. The van der Waals surface area contributed by atoms with Gasteiger partial charge in [-0.3, -0.25) is 4.79 Å². The van der Waals surface area contributed by atoms with Gasteiger partial charge in [0.2, 0.25) is 5.91 Å². The summed E-state index contributed by atoms with van der Waals surface area (Å²) in [6, 6.07) is 3.63. The van der Waals surface area contributed by atoms with Gasteiger partial charge in [0.1, 0.15) is 12.3 Å². The van der Waals surface area contributed by atoms with Crippen molar-refractivity contribution in [3.8, 4) is 0 Å². The van der Waals surface area contributed by atoms with Gasteiger partial charge in [0, 0.05) is 13.1 Å². The SMILES string of the molecule is CCCCC(CC)CNC(=NCC(=O)NCc1ccco1)NCC.I. The summed E-state index contributed by atoms with van der Waals surface area (Å²) in [6.45, 7) is 8.59. The van der Waals surface area contributed by atoms with Crippen LogP contribution in [-0.4, -0.2) is 31.5 Å². The zero-order chi connectivity index (χ0) is 17.6. The Kier molecular flexibility index (Phi) is 14.3. The van der Waals surface area contributed by atoms with E-state index in [1.807, 2.05) is 13.0 Å². The van der Waals surface area contributed by atoms with Gasteiger partial charge in [-0.1, -0.05) is 33.1 Å². The van der Waals surface area contributed by atoms with Crippen LogP contribution >= 0.6 is 24.0 Å². The maximum atomic E-state index is 11.9. The first kappa shape index (κ1) is 23.8. The Labute approximate surface area is 168 Å². The lowest BCUT2D eigenvalue weighted by Gasteiger charge is -2.17. The van der Waals surface area contributed by atoms with Crippen molar-refractivity contribution in [1.29, 1.82) is 0 Å². The van der Waals surface area contributed by atoms with E-state index in [0.717, 1.165) is 25.3 Å². The number of nitrogens with one attached hydrogen (secondary N) is 3. The fraction of sp³-hybridized carbons (Fsp3) is 0.667. The van der Waals surface area contributed by atoms with Crippen LogP contribution in [0.4, 0.5) is 0 Å². The zero-order valence-electron chi connectivity index (χ0n) is 15.6. The molecule has 0 spiro atoms. The van der Waals surface area contributed by atoms with Crippen LogP contribution in [0.3, 0.4) is 0 Å². The summed E-state index contributed by atoms with van der Waals surface area (Å²) in [5.41, 5.74) is 0. The van der Waals surface area contributed by atoms with E-state index >= 15 is 0 Å². The van der Waals surface area contributed by atoms with Crippen molar-refractivity contribution < 1.29 is 9.21 Å². The Morgan fingerprint density at radius 3 is 2.64 bits per heavy atom. The summed E-state index contributed by atoms with van der Waals surface area (Å²) >= 11 is 0. The normalized spacial score (nSPS) is 12.2. The molecule has 0 radical (unpaired) electrons. The highest BCUT2D eigenvalue weighted by Crippen LogP contribution is 2.10. The van der Waals surface area contributed by atoms with Gasteiger partial charge in [-0.25, -0.2) is 4.99 Å². The van der Waals surface area contributed by atoms with Gasteiger partial charge < -0.3 is 20.4 Å². The van der Waals surface area contributed by atoms with E-state index in [2.05, 4.69) is 34.8 Å². The van der Waals surface area contributed by atoms with Gasteiger partial charge in [-0.05, 0) is 31.4 Å². The first-order valence-electron chi connectivity index (χ1n) is 9.00. The van der Waals surface area contributed by atoms with E-state index in [0.29, 0.717) is 18.4 Å². The second-order valence-electron chi connectivity index (χ2n) is 5.85. The van der Waals surface area contributed by atoms with E-state index in [1.165, 1.54) is 19.3 Å². The van der Waals surface area contributed by atoms with Gasteiger partial charge in [-0.2, -0.15) is 0 Å². The molecule has 1 aromatic rings. The number of hydrogen-bond donors (Lipinski definition) is 3. The average Bonchev–Trinajstić information content (AvgIpc) is 3.11. The molecule has 1 heterocycles. The summed E-state index contributed by atoms with van der Waals surface area (Å²) in [7, 11) is 0. The number of amides is 1. The van der Waals surface area contributed by atoms with Crippen molar-refractivity contribution in [2.75, 3.05) is 19.6 Å². The molecule has 1 aromatic heterocycles. The van der Waals surface area contributed by atoms with Crippen LogP contribution in [0.1, 0.15) is 52.2 Å². The molecule has 144 valence electrons. The molecule has 1 rings (SSSR count). The molecule has 25 heavy (non-hydrogen) atoms. The number of rotatable bonds is 11. The van der Waals surface area contributed by atoms with Crippen LogP contribution in [-0.2, 0) is 11.3 Å². The monoisotopic (exact) mass is 464 g/mol. The molecule has 0 fully saturated rings. The topological polar surface area (TPSA) is 78.7 Å². The highest BCUT2D eigenvalue weighted by atomic mass is 127. The molecule has 0 aliphatic rings. The number of aliphatic imine (C=N–C) groups is 1. The van der Waals surface area contributed by atoms with E-state index in [4.69, 9.17) is 4.42 Å². The van der Waals surface area contributed by atoms with Crippen molar-refractivity contribution in [1.82, 2.24) is 16.0 Å². The highest BCUT2D eigenvalue weighted by Gasteiger charge is 2.08. The molecule has 0 bridgehead atoms. The standard InChI is InChI=1S/C18H32N4O2.HI/c1-4-7-9-15(5-2)12-21-18(19-6-3)22-14-17(23)20-13-16-10-8-11-24-16;/h8,10-11,15H,4-7,9,12-14H2,1-3H3,(H,20,23)(H2,19,21,22);1H. The van der Waals surface area contributed by atoms with Crippen LogP contribution in [0.15, 0.2) is 27.8 Å². The summed E-state index contributed by atoms with van der Waals surface area (Å²) in [5, 5.41) is 9.32. The molecule has 0 saturated carbocycles. The molecule has 0 aliphatic heterocycles. The van der Waals surface area contributed by atoms with Crippen LogP contribution in [0.25, 0.3) is 0 Å². The summed E-state index contributed by atoms with van der Waals surface area (Å²) in [6.07, 6.45) is 6.44. The first-order chi connectivity index (χ1) is 11.7. The molecule has 3 N–H and O–H groups in total. The predicted molar refractivity (Wildman–Crippen MR) is 113 cm³/mol. The van der Waals surface area contributed by atoms with Gasteiger partial charge in [0.05, 0.1) is 12.8 Å². The van der Waals surface area contributed by atoms with Crippen molar-refractivity contribution in [2.45, 2.75) is 53.0 Å². The second-order valence-corrected chi connectivity index (χ2v) is 5.85. The summed E-state index contributed by atoms with van der Waals surface area (Å²) < 4.78 is 5.18. The van der Waals surface area contributed by atoms with E-state index in [9.17, 15) is 4.79 Å². The average molecular weight is 464 g/mol. The minimum atomic E-state index is -0.123. The van der Waals surface area contributed by atoms with Crippen LogP contribution in [0.5, 0.6) is 0 Å². The fourth-order valence-electron chi connectivity index (χ4n) is 2.33.